The van der Waals surface area contributed by atoms with E-state index in [0.717, 1.165) is 0 Å². The quantitative estimate of drug-likeness (QED) is 0.430. The van der Waals surface area contributed by atoms with Gasteiger partial charge < -0.3 is 0 Å². The average Bonchev–Trinajstić information content (AvgIpc) is 3.20. The van der Waals surface area contributed by atoms with Gasteiger partial charge in [0, 0.05) is 11.1 Å². The van der Waals surface area contributed by atoms with Crippen LogP contribution in [0, 0.1) is 0 Å². The zero-order chi connectivity index (χ0) is 20.8. The summed E-state index contributed by atoms with van der Waals surface area (Å²) in [5.74, 6) is 0. The largest absolute Gasteiger partial charge is 0.0722 e. The molecule has 4 rings (SSSR count). The average molecular weight is 401 g/mol. The highest BCUT2D eigenvalue weighted by molar-refractivity contribution is 6.81. The summed E-state index contributed by atoms with van der Waals surface area (Å²) in [6.45, 7) is 14.6. The van der Waals surface area contributed by atoms with Crippen molar-refractivity contribution in [3.05, 3.63) is 80.9 Å². The number of rotatable bonds is 6. The van der Waals surface area contributed by atoms with Crippen LogP contribution in [-0.4, -0.2) is 8.07 Å². The maximum absolute atomic E-state index is 2.64. The number of benzene rings is 2. The van der Waals surface area contributed by atoms with Gasteiger partial charge in [0.25, 0.3) is 0 Å². The molecule has 2 aromatic rings. The van der Waals surface area contributed by atoms with Crippen molar-refractivity contribution in [2.75, 3.05) is 0 Å². The third kappa shape index (κ3) is 3.28. The Hall–Kier alpha value is -1.86. The maximum Gasteiger partial charge on any atom is 0.0722 e. The van der Waals surface area contributed by atoms with E-state index in [-0.39, 0.29) is 0 Å². The summed E-state index contributed by atoms with van der Waals surface area (Å²) in [6, 6.07) is 14.1. The van der Waals surface area contributed by atoms with Crippen LogP contribution in [0.1, 0.15) is 85.0 Å². The Morgan fingerprint density at radius 3 is 1.48 bits per heavy atom. The first-order valence-electron chi connectivity index (χ1n) is 11.5. The molecule has 0 heterocycles. The van der Waals surface area contributed by atoms with E-state index >= 15 is 0 Å². The molecule has 0 saturated carbocycles. The van der Waals surface area contributed by atoms with Gasteiger partial charge in [0.15, 0.2) is 0 Å². The van der Waals surface area contributed by atoms with Crippen molar-refractivity contribution in [3.63, 3.8) is 0 Å². The number of aryl methyl sites for hydroxylation is 2. The smallest absolute Gasteiger partial charge is 0.0679 e. The van der Waals surface area contributed by atoms with E-state index in [2.05, 4.69) is 89.3 Å². The fraction of sp³-hybridized carbons (Fsp3) is 0.429. The Bertz CT molecular complexity index is 910. The number of hydrogen-bond acceptors (Lipinski definition) is 0. The minimum atomic E-state index is -1.69. The fourth-order valence-corrected chi connectivity index (χ4v) is 11.3. The molecule has 2 aromatic carbocycles. The van der Waals surface area contributed by atoms with Crippen LogP contribution < -0.4 is 0 Å². The van der Waals surface area contributed by atoms with Crippen LogP contribution in [0.2, 0.25) is 13.1 Å². The minimum Gasteiger partial charge on any atom is -0.0679 e. The van der Waals surface area contributed by atoms with Crippen LogP contribution >= 0.6 is 0 Å². The van der Waals surface area contributed by atoms with Gasteiger partial charge in [-0.2, -0.15) is 0 Å². The second-order valence-electron chi connectivity index (χ2n) is 9.80. The highest BCUT2D eigenvalue weighted by atomic mass is 28.3. The predicted molar refractivity (Wildman–Crippen MR) is 131 cm³/mol. The first-order valence-corrected chi connectivity index (χ1v) is 14.7. The van der Waals surface area contributed by atoms with Gasteiger partial charge in [-0.15, -0.1) is 0 Å². The van der Waals surface area contributed by atoms with E-state index in [9.17, 15) is 0 Å². The lowest BCUT2D eigenvalue weighted by atomic mass is 9.99. The van der Waals surface area contributed by atoms with Gasteiger partial charge in [-0.25, -0.2) is 0 Å². The van der Waals surface area contributed by atoms with Gasteiger partial charge in [-0.1, -0.05) is 99.5 Å². The van der Waals surface area contributed by atoms with Gasteiger partial charge in [0.05, 0.1) is 8.07 Å². The molecule has 2 aliphatic carbocycles. The minimum absolute atomic E-state index is 0.614. The molecule has 1 heteroatoms. The molecular weight excluding hydrogens is 364 g/mol. The Labute approximate surface area is 178 Å². The van der Waals surface area contributed by atoms with Crippen LogP contribution in [0.3, 0.4) is 0 Å². The molecule has 0 fully saturated rings. The standard InChI is InChI=1S/C28H36Si/c1-7-11-21-13-9-15-23-25(21)17-19(3)27(23)29(5,6)28-20(4)18-26-22(12-8-2)14-10-16-24(26)28/h9-10,13-18,27-28H,7-8,11-12H2,1-6H3. The van der Waals surface area contributed by atoms with Gasteiger partial charge in [-0.05, 0) is 60.1 Å². The van der Waals surface area contributed by atoms with E-state index in [1.165, 1.54) is 36.8 Å². The van der Waals surface area contributed by atoms with Crippen molar-refractivity contribution in [3.8, 4) is 0 Å². The Balaban J connectivity index is 1.79. The van der Waals surface area contributed by atoms with Crippen molar-refractivity contribution in [1.29, 1.82) is 0 Å². The van der Waals surface area contributed by atoms with Gasteiger partial charge in [-0.3, -0.25) is 0 Å². The van der Waals surface area contributed by atoms with Crippen LogP contribution in [0.5, 0.6) is 0 Å². The van der Waals surface area contributed by atoms with Crippen LogP contribution in [0.4, 0.5) is 0 Å². The van der Waals surface area contributed by atoms with Crippen molar-refractivity contribution >= 4 is 20.2 Å². The van der Waals surface area contributed by atoms with E-state index in [4.69, 9.17) is 0 Å². The zero-order valence-electron chi connectivity index (χ0n) is 19.1. The molecule has 0 spiro atoms. The van der Waals surface area contributed by atoms with Crippen molar-refractivity contribution in [2.24, 2.45) is 0 Å². The third-order valence-corrected chi connectivity index (χ3v) is 11.8. The summed E-state index contributed by atoms with van der Waals surface area (Å²) in [5, 5.41) is 0. The third-order valence-electron chi connectivity index (χ3n) is 7.26. The molecule has 152 valence electrons. The lowest BCUT2D eigenvalue weighted by Crippen LogP contribution is -2.42. The molecular formula is C28H36Si. The number of fused-ring (bicyclic) bond motifs is 2. The molecule has 0 nitrogen and oxygen atoms in total. The molecule has 0 saturated heterocycles. The fourth-order valence-electron chi connectivity index (χ4n) is 6.35. The number of allylic oxidation sites excluding steroid dienone is 2. The van der Waals surface area contributed by atoms with Gasteiger partial charge >= 0.3 is 0 Å². The SMILES string of the molecule is CCCc1cccc2c1C=C(C)C2[Si](C)(C)C1C(C)=Cc2c(CCC)cccc21. The normalized spacial score (nSPS) is 20.3. The predicted octanol–water partition coefficient (Wildman–Crippen LogP) is 8.08. The van der Waals surface area contributed by atoms with Crippen LogP contribution in [0.25, 0.3) is 12.2 Å². The van der Waals surface area contributed by atoms with E-state index in [0.29, 0.717) is 11.1 Å². The first kappa shape index (κ1) is 20.4. The molecule has 0 bridgehead atoms. The molecule has 0 aliphatic heterocycles. The second-order valence-corrected chi connectivity index (χ2v) is 14.6. The monoisotopic (exact) mass is 400 g/mol. The zero-order valence-corrected chi connectivity index (χ0v) is 20.1. The van der Waals surface area contributed by atoms with Crippen LogP contribution in [-0.2, 0) is 12.8 Å². The lowest BCUT2D eigenvalue weighted by Gasteiger charge is -2.39. The molecule has 2 unspecified atom stereocenters. The summed E-state index contributed by atoms with van der Waals surface area (Å²) >= 11 is 0. The topological polar surface area (TPSA) is 0 Å². The molecule has 29 heavy (non-hydrogen) atoms. The van der Waals surface area contributed by atoms with Gasteiger partial charge in [0.2, 0.25) is 0 Å². The molecule has 2 aliphatic rings. The summed E-state index contributed by atoms with van der Waals surface area (Å²) < 4.78 is 0. The summed E-state index contributed by atoms with van der Waals surface area (Å²) in [4.78, 5) is 0. The summed E-state index contributed by atoms with van der Waals surface area (Å²) in [5.41, 5.74) is 13.8. The second kappa shape index (κ2) is 7.76. The maximum atomic E-state index is 2.64. The van der Waals surface area contributed by atoms with E-state index in [1.54, 1.807) is 33.4 Å². The molecule has 0 aromatic heterocycles. The van der Waals surface area contributed by atoms with Crippen molar-refractivity contribution < 1.29 is 0 Å². The Morgan fingerprint density at radius 1 is 0.690 bits per heavy atom. The van der Waals surface area contributed by atoms with E-state index < -0.39 is 8.07 Å². The highest BCUT2D eigenvalue weighted by Crippen LogP contribution is 2.52. The van der Waals surface area contributed by atoms with E-state index in [1.807, 2.05) is 0 Å². The van der Waals surface area contributed by atoms with Crippen molar-refractivity contribution in [1.82, 2.24) is 0 Å². The first-order chi connectivity index (χ1) is 13.9. The van der Waals surface area contributed by atoms with Gasteiger partial charge in [0.1, 0.15) is 0 Å². The summed E-state index contributed by atoms with van der Waals surface area (Å²) in [7, 11) is -1.69. The highest BCUT2D eigenvalue weighted by Gasteiger charge is 2.46. The summed E-state index contributed by atoms with van der Waals surface area (Å²) in [6.07, 6.45) is 9.84. The molecule has 0 amide bonds. The van der Waals surface area contributed by atoms with Crippen molar-refractivity contribution in [2.45, 2.75) is 77.6 Å². The molecule has 0 radical (unpaired) electrons. The Morgan fingerprint density at radius 2 is 1.10 bits per heavy atom. The molecule has 0 N–H and O–H groups in total. The lowest BCUT2D eigenvalue weighted by molar-refractivity contribution is 0.909. The van der Waals surface area contributed by atoms with Crippen LogP contribution in [0.15, 0.2) is 47.5 Å². The molecule has 2 atom stereocenters. The number of hydrogen-bond donors (Lipinski definition) is 0. The Kier molecular flexibility index (Phi) is 5.46.